The number of rotatable bonds is 4. The molecule has 2 atom stereocenters. The van der Waals surface area contributed by atoms with Crippen molar-refractivity contribution in [1.82, 2.24) is 10.2 Å². The molecule has 94 valence electrons. The molecule has 2 unspecified atom stereocenters. The van der Waals surface area contributed by atoms with Crippen LogP contribution >= 0.6 is 0 Å². The lowest BCUT2D eigenvalue weighted by molar-refractivity contribution is 0.111. The fraction of sp³-hybridized carbons (Fsp3) is 1.00. The molecule has 0 amide bonds. The second-order valence-corrected chi connectivity index (χ2v) is 5.82. The molecule has 0 aromatic carbocycles. The van der Waals surface area contributed by atoms with Gasteiger partial charge in [0.15, 0.2) is 0 Å². The molecule has 1 N–H and O–H groups in total. The second-order valence-electron chi connectivity index (χ2n) is 5.82. The summed E-state index contributed by atoms with van der Waals surface area (Å²) in [5.74, 6) is 0. The molecule has 16 heavy (non-hydrogen) atoms. The van der Waals surface area contributed by atoms with Gasteiger partial charge in [-0.15, -0.1) is 0 Å². The number of piperidine rings is 1. The normalized spacial score (nSPS) is 30.8. The molecule has 2 fully saturated rings. The molecule has 0 bridgehead atoms. The van der Waals surface area contributed by atoms with Crippen LogP contribution in [0.1, 0.15) is 58.8 Å². The van der Waals surface area contributed by atoms with Crippen LogP contribution in [0, 0.1) is 0 Å². The summed E-state index contributed by atoms with van der Waals surface area (Å²) in [5.41, 5.74) is 0. The molecule has 2 heteroatoms. The highest BCUT2D eigenvalue weighted by Crippen LogP contribution is 2.20. The average Bonchev–Trinajstić information content (AvgIpc) is 2.79. The van der Waals surface area contributed by atoms with Crippen molar-refractivity contribution in [3.8, 4) is 0 Å². The zero-order valence-corrected chi connectivity index (χ0v) is 11.0. The zero-order chi connectivity index (χ0) is 11.4. The Kier molecular flexibility index (Phi) is 4.66. The Morgan fingerprint density at radius 1 is 1.12 bits per heavy atom. The fourth-order valence-corrected chi connectivity index (χ4v) is 3.36. The Bertz CT molecular complexity index is 199. The number of nitrogens with zero attached hydrogens (tertiary/aromatic N) is 1. The summed E-state index contributed by atoms with van der Waals surface area (Å²) in [6, 6.07) is 2.34. The minimum Gasteiger partial charge on any atom is -0.312 e. The van der Waals surface area contributed by atoms with Gasteiger partial charge in [0.1, 0.15) is 0 Å². The fourth-order valence-electron chi connectivity index (χ4n) is 3.36. The van der Waals surface area contributed by atoms with Crippen molar-refractivity contribution in [1.29, 1.82) is 0 Å². The van der Waals surface area contributed by atoms with E-state index in [1.54, 1.807) is 0 Å². The van der Waals surface area contributed by atoms with Crippen LogP contribution in [-0.2, 0) is 0 Å². The van der Waals surface area contributed by atoms with Gasteiger partial charge in [0.05, 0.1) is 0 Å². The minimum atomic E-state index is 0.718. The van der Waals surface area contributed by atoms with Gasteiger partial charge in [0, 0.05) is 24.7 Å². The summed E-state index contributed by atoms with van der Waals surface area (Å²) < 4.78 is 0. The highest BCUT2D eigenvalue weighted by Gasteiger charge is 2.23. The van der Waals surface area contributed by atoms with Gasteiger partial charge in [-0.05, 0) is 46.1 Å². The summed E-state index contributed by atoms with van der Waals surface area (Å²) >= 11 is 0. The standard InChI is InChI=1S/C14H28N2/c1-12-7-5-6-10-16(12)13(2)11-15-14-8-3-4-9-14/h12-15H,3-11H2,1-2H3. The van der Waals surface area contributed by atoms with Crippen LogP contribution in [0.5, 0.6) is 0 Å². The van der Waals surface area contributed by atoms with E-state index in [4.69, 9.17) is 0 Å². The van der Waals surface area contributed by atoms with Crippen molar-refractivity contribution in [2.24, 2.45) is 0 Å². The first-order chi connectivity index (χ1) is 7.77. The maximum atomic E-state index is 3.76. The van der Waals surface area contributed by atoms with Crippen LogP contribution in [0.15, 0.2) is 0 Å². The molecule has 1 saturated carbocycles. The van der Waals surface area contributed by atoms with E-state index in [2.05, 4.69) is 24.1 Å². The van der Waals surface area contributed by atoms with E-state index in [0.29, 0.717) is 0 Å². The lowest BCUT2D eigenvalue weighted by Gasteiger charge is -2.38. The van der Waals surface area contributed by atoms with Crippen molar-refractivity contribution in [3.63, 3.8) is 0 Å². The van der Waals surface area contributed by atoms with E-state index in [1.807, 2.05) is 0 Å². The van der Waals surface area contributed by atoms with E-state index < -0.39 is 0 Å². The smallest absolute Gasteiger partial charge is 0.0195 e. The van der Waals surface area contributed by atoms with Gasteiger partial charge in [-0.25, -0.2) is 0 Å². The number of hydrogen-bond acceptors (Lipinski definition) is 2. The van der Waals surface area contributed by atoms with E-state index in [1.165, 1.54) is 58.0 Å². The molecule has 1 saturated heterocycles. The van der Waals surface area contributed by atoms with Crippen LogP contribution in [-0.4, -0.2) is 36.1 Å². The minimum absolute atomic E-state index is 0.718. The van der Waals surface area contributed by atoms with Crippen molar-refractivity contribution >= 4 is 0 Å². The van der Waals surface area contributed by atoms with E-state index >= 15 is 0 Å². The Hall–Kier alpha value is -0.0800. The highest BCUT2D eigenvalue weighted by atomic mass is 15.2. The monoisotopic (exact) mass is 224 g/mol. The third kappa shape index (κ3) is 3.21. The number of nitrogens with one attached hydrogen (secondary N) is 1. The Morgan fingerprint density at radius 2 is 1.81 bits per heavy atom. The summed E-state index contributed by atoms with van der Waals surface area (Å²) in [6.45, 7) is 7.29. The predicted molar refractivity (Wildman–Crippen MR) is 69.7 cm³/mol. The number of likely N-dealkylation sites (tertiary alicyclic amines) is 1. The maximum absolute atomic E-state index is 3.76. The van der Waals surface area contributed by atoms with E-state index in [9.17, 15) is 0 Å². The lowest BCUT2D eigenvalue weighted by Crippen LogP contribution is -2.48. The van der Waals surface area contributed by atoms with Crippen LogP contribution in [0.25, 0.3) is 0 Å². The van der Waals surface area contributed by atoms with Gasteiger partial charge >= 0.3 is 0 Å². The molecule has 0 aromatic heterocycles. The SMILES string of the molecule is CC1CCCCN1C(C)CNC1CCCC1. The summed E-state index contributed by atoms with van der Waals surface area (Å²) in [4.78, 5) is 2.70. The van der Waals surface area contributed by atoms with Crippen LogP contribution in [0.4, 0.5) is 0 Å². The third-order valence-electron chi connectivity index (χ3n) is 4.48. The quantitative estimate of drug-likeness (QED) is 0.790. The van der Waals surface area contributed by atoms with Crippen molar-refractivity contribution in [2.75, 3.05) is 13.1 Å². The molecule has 1 aliphatic heterocycles. The molecule has 2 nitrogen and oxygen atoms in total. The van der Waals surface area contributed by atoms with Crippen molar-refractivity contribution in [2.45, 2.75) is 76.9 Å². The van der Waals surface area contributed by atoms with Crippen molar-refractivity contribution < 1.29 is 0 Å². The van der Waals surface area contributed by atoms with Crippen LogP contribution < -0.4 is 5.32 Å². The molecule has 1 heterocycles. The van der Waals surface area contributed by atoms with Crippen molar-refractivity contribution in [3.05, 3.63) is 0 Å². The first-order valence-corrected chi connectivity index (χ1v) is 7.26. The van der Waals surface area contributed by atoms with Gasteiger partial charge in [-0.3, -0.25) is 4.90 Å². The molecular weight excluding hydrogens is 196 g/mol. The van der Waals surface area contributed by atoms with Gasteiger partial charge in [0.25, 0.3) is 0 Å². The predicted octanol–water partition coefficient (Wildman–Crippen LogP) is 2.78. The third-order valence-corrected chi connectivity index (χ3v) is 4.48. The topological polar surface area (TPSA) is 15.3 Å². The first-order valence-electron chi connectivity index (χ1n) is 7.26. The molecule has 0 aromatic rings. The zero-order valence-electron chi connectivity index (χ0n) is 11.0. The molecule has 0 radical (unpaired) electrons. The van der Waals surface area contributed by atoms with Gasteiger partial charge < -0.3 is 5.32 Å². The Morgan fingerprint density at radius 3 is 2.50 bits per heavy atom. The molecule has 1 aliphatic carbocycles. The average molecular weight is 224 g/mol. The highest BCUT2D eigenvalue weighted by molar-refractivity contribution is 4.81. The summed E-state index contributed by atoms with van der Waals surface area (Å²) in [5, 5.41) is 3.76. The Balaban J connectivity index is 1.71. The molecule has 0 spiro atoms. The molecular formula is C14H28N2. The van der Waals surface area contributed by atoms with Gasteiger partial charge in [-0.1, -0.05) is 19.3 Å². The second kappa shape index (κ2) is 6.02. The largest absolute Gasteiger partial charge is 0.312 e. The first kappa shape index (κ1) is 12.4. The summed E-state index contributed by atoms with van der Waals surface area (Å²) in [6.07, 6.45) is 9.91. The molecule has 2 aliphatic rings. The van der Waals surface area contributed by atoms with Gasteiger partial charge in [0.2, 0.25) is 0 Å². The lowest BCUT2D eigenvalue weighted by atomic mass is 10.0. The van der Waals surface area contributed by atoms with E-state index in [-0.39, 0.29) is 0 Å². The Labute approximate surface area is 101 Å². The number of hydrogen-bond donors (Lipinski definition) is 1. The summed E-state index contributed by atoms with van der Waals surface area (Å²) in [7, 11) is 0. The van der Waals surface area contributed by atoms with E-state index in [0.717, 1.165) is 18.1 Å². The van der Waals surface area contributed by atoms with Crippen LogP contribution in [0.2, 0.25) is 0 Å². The maximum Gasteiger partial charge on any atom is 0.0195 e. The molecule has 2 rings (SSSR count). The van der Waals surface area contributed by atoms with Gasteiger partial charge in [-0.2, -0.15) is 0 Å². The van der Waals surface area contributed by atoms with Crippen LogP contribution in [0.3, 0.4) is 0 Å².